The summed E-state index contributed by atoms with van der Waals surface area (Å²) in [6, 6.07) is 0. The van der Waals surface area contributed by atoms with Gasteiger partial charge in [-0.3, -0.25) is 0 Å². The first kappa shape index (κ1) is 133. The minimum atomic E-state index is -2.01. The van der Waals surface area contributed by atoms with Crippen molar-refractivity contribution in [2.24, 2.45) is 10.8 Å². The summed E-state index contributed by atoms with van der Waals surface area (Å²) in [6.07, 6.45) is -37.8. The standard InChI is InChI=1S/C21H32O16.C15H24O9.C15H26O9.C6H12O6.C6H12O3.C6H14O3.3C3H6O3/c1-7(22)16(27)32-6-12-13(34-17(28)8(2)23)14(35-18(29)9(3)24)15(36-19(30)10(4)25)21(33-12)37-20(31)11(5)26;1-7(16)13(19)22-10-4-11(23-14(20)8(2)17)6-12(5-10)24-15(21)9(3)18;1-5-15(6-22-12(19)9(2)16,7-23-13(20)10(3)17)8-24-14(21)11(4)18;7-1-2-3(8)4(9)5(10)6(11)12-2;7-4-1-5(8)3-6(9)2-4;1-2-6(3-7,4-8)5-9;3*1-2(4)3(5)6/h7-15,21-26H,6H2,1-5H3;7-12,16-18H,4-6H2,1-3H3;9-11,16-18H,5-8H2,1-4H3;2-11H,1H2;4-9H,1-3H2;7-9H,2-5H2,1H3;3*2,4H,1H3,(H,5,6)/p+3/t7?,8?,9?,10?,11?,12?,13-,14-,15?,21+;;;2?,3-,4-,5?,6-;;;;;/m1..1...../s1. The number of carbonyl (C=O) groups is 14. The van der Waals surface area contributed by atoms with E-state index in [2.05, 4.69) is 4.74 Å². The SMILES string of the molecule is CC(O)C(=O)O.CC(O)C(=O)O.CC(O)C(=O)O.CC(O)C(=O)OC1CC(OC(=O)C(C)O)CC(OC(=O)C(C)O)C1.CC(O)C(=O)OCC1O[C@@H](OC(=O)C(C)O)C(OC(=O)C(C)O)[C@H](OC(=O)C(C)O)[C@@H]1OC(=O)C(C)O.CCC(CO)(CO)CO.CCC(COC(=O)C(C)O)(COC(=O)C(C)O)COC(=O)C(C)O.OC1CC(O)CC(O)C1.OCC1O[C@@H](O)C(O)[C@H](O)[C@@H]1O.[H+].[H+].[H+]. The molecule has 2 heterocycles. The van der Waals surface area contributed by atoms with Crippen molar-refractivity contribution in [3.8, 4) is 0 Å². The van der Waals surface area contributed by atoms with E-state index in [0.29, 0.717) is 32.1 Å². The minimum Gasteiger partial charge on any atom is -0.479 e. The van der Waals surface area contributed by atoms with Gasteiger partial charge in [-0.05, 0) is 129 Å². The van der Waals surface area contributed by atoms with Gasteiger partial charge in [0.2, 0.25) is 12.4 Å². The normalized spacial score (nSPS) is 25.8. The number of hydrogen-bond acceptors (Lipinski definition) is 52. The molecule has 0 radical (unpaired) electrons. The Hall–Kier alpha value is -8.50. The Labute approximate surface area is 766 Å². The Bertz CT molecular complexity index is 3170. The van der Waals surface area contributed by atoms with Crippen molar-refractivity contribution in [3.05, 3.63) is 0 Å². The molecule has 2 aliphatic heterocycles. The maximum atomic E-state index is 12.3. The summed E-state index contributed by atoms with van der Waals surface area (Å²) in [5.74, 6) is -15.1. The van der Waals surface area contributed by atoms with E-state index < -0.39 is 291 Å². The highest BCUT2D eigenvalue weighted by Crippen LogP contribution is 2.33. The third-order valence-electron chi connectivity index (χ3n) is 17.8. The number of carbonyl (C=O) groups excluding carboxylic acids is 11. The Morgan fingerprint density at radius 2 is 0.534 bits per heavy atom. The smallest absolute Gasteiger partial charge is 0.479 e. The fourth-order valence-electron chi connectivity index (χ4n) is 9.21. The number of ether oxygens (including phenoxy) is 13. The summed E-state index contributed by atoms with van der Waals surface area (Å²) in [6.45, 7) is 17.1. The molecule has 4 rings (SSSR count). The summed E-state index contributed by atoms with van der Waals surface area (Å²) >= 11 is 0. The quantitative estimate of drug-likeness (QED) is 0.0207. The van der Waals surface area contributed by atoms with Gasteiger partial charge in [0, 0.05) is 24.7 Å². The maximum absolute atomic E-state index is 12.3. The summed E-state index contributed by atoms with van der Waals surface area (Å²) in [4.78, 5) is 158. The van der Waals surface area contributed by atoms with Crippen LogP contribution in [0.3, 0.4) is 0 Å². The zero-order valence-corrected chi connectivity index (χ0v) is 76.2. The van der Waals surface area contributed by atoms with E-state index in [-0.39, 0.29) is 63.2 Å². The van der Waals surface area contributed by atoms with Crippen LogP contribution in [-0.2, 0) is 129 Å². The molecule has 0 aromatic heterocycles. The van der Waals surface area contributed by atoms with Gasteiger partial charge in [0.1, 0.15) is 161 Å². The first-order valence-corrected chi connectivity index (χ1v) is 41.0. The van der Waals surface area contributed by atoms with E-state index in [1.165, 1.54) is 62.3 Å². The molecule has 2 saturated heterocycles. The van der Waals surface area contributed by atoms with Crippen LogP contribution in [-0.4, -0.2) is 463 Å². The van der Waals surface area contributed by atoms with Crippen molar-refractivity contribution in [2.75, 3.05) is 52.9 Å². The van der Waals surface area contributed by atoms with E-state index >= 15 is 0 Å². The molecule has 780 valence electrons. The lowest BCUT2D eigenvalue weighted by atomic mass is 9.88. The monoisotopic (exact) mass is 1960 g/mol. The van der Waals surface area contributed by atoms with Crippen LogP contribution in [0.15, 0.2) is 0 Å². The van der Waals surface area contributed by atoms with Gasteiger partial charge in [0.05, 0.1) is 50.2 Å². The molecule has 4 fully saturated rings. The molecule has 0 aromatic carbocycles. The van der Waals surface area contributed by atoms with Gasteiger partial charge < -0.3 is 205 Å². The Morgan fingerprint density at radius 1 is 0.293 bits per heavy atom. The van der Waals surface area contributed by atoms with Crippen LogP contribution in [0.25, 0.3) is 0 Å². The molecule has 2 aliphatic carbocycles. The number of aliphatic carboxylic acids is 3. The summed E-state index contributed by atoms with van der Waals surface area (Å²) < 4.78 is 65.5. The molecular formula is C78H141O55+3. The number of hydrogen-bond donors (Lipinski definition) is 28. The zero-order chi connectivity index (χ0) is 105. The Kier molecular flexibility index (Phi) is 68.5. The Balaban J connectivity index is -0.000000243. The lowest BCUT2D eigenvalue weighted by Gasteiger charge is -2.44. The van der Waals surface area contributed by atoms with Crippen molar-refractivity contribution in [3.63, 3.8) is 0 Å². The summed E-state index contributed by atoms with van der Waals surface area (Å²) in [7, 11) is 0. The second-order valence-corrected chi connectivity index (χ2v) is 30.6. The average Bonchev–Trinajstić information content (AvgIpc) is 0.773. The Morgan fingerprint density at radius 3 is 0.767 bits per heavy atom. The van der Waals surface area contributed by atoms with Crippen LogP contribution in [0.1, 0.15) is 166 Å². The van der Waals surface area contributed by atoms with E-state index in [1.54, 1.807) is 6.92 Å². The lowest BCUT2D eigenvalue weighted by Crippen LogP contribution is -2.64. The minimum absolute atomic E-state index is 0. The van der Waals surface area contributed by atoms with E-state index in [4.69, 9.17) is 159 Å². The molecule has 0 spiro atoms. The van der Waals surface area contributed by atoms with Gasteiger partial charge in [-0.2, -0.15) is 0 Å². The van der Waals surface area contributed by atoms with Crippen molar-refractivity contribution >= 4 is 83.6 Å². The highest BCUT2D eigenvalue weighted by Gasteiger charge is 2.56. The van der Waals surface area contributed by atoms with Crippen molar-refractivity contribution < 1.29 is 276 Å². The number of esters is 11. The number of aliphatic hydroxyl groups is 25. The molecule has 0 bridgehead atoms. The third kappa shape index (κ3) is 56.6. The summed E-state index contributed by atoms with van der Waals surface area (Å²) in [5.41, 5.74) is -1.74. The predicted octanol–water partition coefficient (Wildman–Crippen LogP) is -11.3. The summed E-state index contributed by atoms with van der Waals surface area (Å²) in [5, 5.41) is 248. The topological polar surface area (TPSA) is 925 Å². The zero-order valence-electron chi connectivity index (χ0n) is 79.2. The largest absolute Gasteiger partial charge is 1.00 e. The highest BCUT2D eigenvalue weighted by atomic mass is 16.8. The maximum Gasteiger partial charge on any atom is 1.00 e. The number of rotatable bonds is 35. The van der Waals surface area contributed by atoms with E-state index in [0.717, 1.165) is 34.6 Å². The van der Waals surface area contributed by atoms with Crippen molar-refractivity contribution in [2.45, 2.75) is 346 Å². The van der Waals surface area contributed by atoms with E-state index in [9.17, 15) is 108 Å². The molecule has 4 aliphatic rings. The van der Waals surface area contributed by atoms with Crippen LogP contribution in [0.2, 0.25) is 0 Å². The molecule has 0 amide bonds. The van der Waals surface area contributed by atoms with Gasteiger partial charge in [0.15, 0.2) is 18.5 Å². The van der Waals surface area contributed by atoms with Crippen molar-refractivity contribution in [1.29, 1.82) is 0 Å². The van der Waals surface area contributed by atoms with Crippen LogP contribution in [0.5, 0.6) is 0 Å². The third-order valence-corrected chi connectivity index (χ3v) is 17.8. The van der Waals surface area contributed by atoms with Gasteiger partial charge in [-0.15, -0.1) is 0 Å². The molecule has 0 aromatic rings. The first-order valence-electron chi connectivity index (χ1n) is 41.0. The van der Waals surface area contributed by atoms with Crippen molar-refractivity contribution in [1.82, 2.24) is 0 Å². The van der Waals surface area contributed by atoms with Gasteiger partial charge in [-0.25, -0.2) is 67.1 Å². The second-order valence-electron chi connectivity index (χ2n) is 30.6. The lowest BCUT2D eigenvalue weighted by molar-refractivity contribution is -0.305. The van der Waals surface area contributed by atoms with Crippen LogP contribution >= 0.6 is 0 Å². The fourth-order valence-corrected chi connectivity index (χ4v) is 9.21. The van der Waals surface area contributed by atoms with E-state index in [1.807, 2.05) is 6.92 Å². The average molecular weight is 1960 g/mol. The van der Waals surface area contributed by atoms with Gasteiger partial charge in [0.25, 0.3) is 0 Å². The molecule has 55 nitrogen and oxygen atoms in total. The fraction of sp³-hybridized carbons (Fsp3) is 0.821. The van der Waals surface area contributed by atoms with Crippen LogP contribution in [0.4, 0.5) is 0 Å². The molecule has 133 heavy (non-hydrogen) atoms. The number of aliphatic hydroxyl groups excluding tert-OH is 25. The van der Waals surface area contributed by atoms with Gasteiger partial charge >= 0.3 is 87.9 Å². The number of carboxylic acids is 3. The molecular weight excluding hydrogens is 1820 g/mol. The predicted molar refractivity (Wildman–Crippen MR) is 436 cm³/mol. The molecule has 55 heteroatoms. The second kappa shape index (κ2) is 68.5. The molecule has 24 atom stereocenters. The number of carboxylic acid groups (broad SMARTS) is 3. The molecule has 28 N–H and O–H groups in total. The highest BCUT2D eigenvalue weighted by molar-refractivity contribution is 5.79. The van der Waals surface area contributed by atoms with Crippen LogP contribution < -0.4 is 0 Å². The molecule has 2 saturated carbocycles. The van der Waals surface area contributed by atoms with Gasteiger partial charge in [-0.1, -0.05) is 13.8 Å². The molecule has 18 unspecified atom stereocenters. The van der Waals surface area contributed by atoms with Crippen LogP contribution in [0, 0.1) is 10.8 Å². The first-order chi connectivity index (χ1) is 61.1.